The molecule has 1 unspecified atom stereocenters. The second-order valence-electron chi connectivity index (χ2n) is 2.97. The summed E-state index contributed by atoms with van der Waals surface area (Å²) in [6, 6.07) is 0. The zero-order chi connectivity index (χ0) is 7.07. The topological polar surface area (TPSA) is 0 Å². The van der Waals surface area contributed by atoms with Gasteiger partial charge in [0.1, 0.15) is 0 Å². The first kappa shape index (κ1) is 7.80. The Hall–Kier alpha value is 0.700. The third kappa shape index (κ3) is 2.08. The van der Waals surface area contributed by atoms with Crippen LogP contribution in [0, 0.1) is 17.8 Å². The molecule has 0 aliphatic heterocycles. The maximum atomic E-state index is 3.32. The molecular weight excluding hydrogens is 244 g/mol. The van der Waals surface area contributed by atoms with Crippen LogP contribution in [-0.4, -0.2) is 0 Å². The van der Waals surface area contributed by atoms with Gasteiger partial charge < -0.3 is 0 Å². The van der Waals surface area contributed by atoms with Gasteiger partial charge in [0.25, 0.3) is 0 Å². The Labute approximate surface area is 73.0 Å². The second kappa shape index (κ2) is 2.39. The molecule has 0 aromatic rings. The van der Waals surface area contributed by atoms with Crippen LogP contribution in [0.4, 0.5) is 0 Å². The lowest BCUT2D eigenvalue weighted by Crippen LogP contribution is -1.85. The van der Waals surface area contributed by atoms with Crippen LogP contribution in [0.1, 0.15) is 13.8 Å². The van der Waals surface area contributed by atoms with Crippen molar-refractivity contribution in [3.05, 3.63) is 15.9 Å². The molecule has 0 bridgehead atoms. The van der Waals surface area contributed by atoms with Crippen molar-refractivity contribution in [3.8, 4) is 0 Å². The van der Waals surface area contributed by atoms with Crippen molar-refractivity contribution >= 4 is 31.9 Å². The predicted molar refractivity (Wildman–Crippen MR) is 47.5 cm³/mol. The van der Waals surface area contributed by atoms with Gasteiger partial charge in [-0.05, 0) is 49.6 Å². The van der Waals surface area contributed by atoms with Crippen LogP contribution >= 0.6 is 31.9 Å². The average Bonchev–Trinajstić information content (AvgIpc) is 2.10. The molecule has 51 valence electrons. The molecule has 1 aliphatic carbocycles. The second-order valence-corrected chi connectivity index (χ2v) is 5.74. The van der Waals surface area contributed by atoms with Crippen molar-refractivity contribution in [2.45, 2.75) is 13.8 Å². The first-order chi connectivity index (χ1) is 4.02. The fourth-order valence-corrected chi connectivity index (χ4v) is 1.38. The van der Waals surface area contributed by atoms with E-state index in [9.17, 15) is 0 Å². The first-order valence-electron chi connectivity index (χ1n) is 2.91. The van der Waals surface area contributed by atoms with E-state index in [0.29, 0.717) is 11.3 Å². The molecular formula is C7H9Br2. The molecule has 1 fully saturated rings. The summed E-state index contributed by atoms with van der Waals surface area (Å²) < 4.78 is 1.06. The number of hydrogen-bond donors (Lipinski definition) is 0. The van der Waals surface area contributed by atoms with Crippen molar-refractivity contribution in [2.75, 3.05) is 0 Å². The first-order valence-corrected chi connectivity index (χ1v) is 4.50. The highest BCUT2D eigenvalue weighted by atomic mass is 79.9. The van der Waals surface area contributed by atoms with Gasteiger partial charge in [-0.2, -0.15) is 0 Å². The number of hydrogen-bond acceptors (Lipinski definition) is 0. The normalized spacial score (nSPS) is 29.6. The van der Waals surface area contributed by atoms with Gasteiger partial charge in [0, 0.05) is 0 Å². The Morgan fingerprint density at radius 1 is 1.56 bits per heavy atom. The Bertz CT molecular complexity index is 143. The summed E-state index contributed by atoms with van der Waals surface area (Å²) in [5.41, 5.74) is 0.437. The fourth-order valence-electron chi connectivity index (χ4n) is 0.813. The van der Waals surface area contributed by atoms with Crippen molar-refractivity contribution in [1.29, 1.82) is 0 Å². The summed E-state index contributed by atoms with van der Waals surface area (Å²) in [6.07, 6.45) is 4.48. The zero-order valence-corrected chi connectivity index (χ0v) is 8.66. The van der Waals surface area contributed by atoms with Crippen LogP contribution in [0.5, 0.6) is 0 Å². The Balaban J connectivity index is 2.45. The molecule has 1 atom stereocenters. The Kier molecular flexibility index (Phi) is 2.07. The fraction of sp³-hybridized carbons (Fsp3) is 0.571. The third-order valence-corrected chi connectivity index (χ3v) is 2.19. The SMILES string of the molecule is CC1(C)[CH]C1C=C(Br)Br. The van der Waals surface area contributed by atoms with Gasteiger partial charge in [-0.25, -0.2) is 0 Å². The molecule has 9 heavy (non-hydrogen) atoms. The quantitative estimate of drug-likeness (QED) is 0.671. The molecule has 1 aliphatic rings. The third-order valence-electron chi connectivity index (χ3n) is 1.66. The van der Waals surface area contributed by atoms with Gasteiger partial charge in [0.05, 0.1) is 3.39 Å². The summed E-state index contributed by atoms with van der Waals surface area (Å²) in [6.45, 7) is 4.47. The summed E-state index contributed by atoms with van der Waals surface area (Å²) >= 11 is 6.65. The van der Waals surface area contributed by atoms with Crippen LogP contribution in [-0.2, 0) is 0 Å². The molecule has 0 heterocycles. The van der Waals surface area contributed by atoms with Gasteiger partial charge in [-0.1, -0.05) is 19.9 Å². The smallest absolute Gasteiger partial charge is 0.0567 e. The van der Waals surface area contributed by atoms with Crippen LogP contribution in [0.2, 0.25) is 0 Å². The maximum absolute atomic E-state index is 3.32. The van der Waals surface area contributed by atoms with E-state index in [0.717, 1.165) is 3.39 Å². The molecule has 0 aromatic heterocycles. The standard InChI is InChI=1S/C7H9Br2/c1-7(2)4-5(7)3-6(8)9/h3-5H,1-2H3. The molecule has 0 N–H and O–H groups in total. The lowest BCUT2D eigenvalue weighted by atomic mass is 10.1. The average molecular weight is 253 g/mol. The lowest BCUT2D eigenvalue weighted by molar-refractivity contribution is 0.626. The van der Waals surface area contributed by atoms with Gasteiger partial charge in [-0.3, -0.25) is 0 Å². The van der Waals surface area contributed by atoms with Crippen molar-refractivity contribution in [2.24, 2.45) is 11.3 Å². The number of allylic oxidation sites excluding steroid dienone is 1. The van der Waals surface area contributed by atoms with E-state index in [1.54, 1.807) is 0 Å². The largest absolute Gasteiger partial charge is 0.0592 e. The summed E-state index contributed by atoms with van der Waals surface area (Å²) in [5, 5.41) is 0. The van der Waals surface area contributed by atoms with E-state index in [-0.39, 0.29) is 0 Å². The monoisotopic (exact) mass is 251 g/mol. The van der Waals surface area contributed by atoms with Crippen LogP contribution in [0.15, 0.2) is 9.47 Å². The minimum atomic E-state index is 0.437. The summed E-state index contributed by atoms with van der Waals surface area (Å²) in [4.78, 5) is 0. The minimum Gasteiger partial charge on any atom is -0.0592 e. The van der Waals surface area contributed by atoms with E-state index in [2.05, 4.69) is 58.2 Å². The molecule has 0 spiro atoms. The van der Waals surface area contributed by atoms with Crippen LogP contribution < -0.4 is 0 Å². The highest BCUT2D eigenvalue weighted by molar-refractivity contribution is 9.28. The molecule has 1 saturated carbocycles. The highest BCUT2D eigenvalue weighted by Crippen LogP contribution is 2.52. The van der Waals surface area contributed by atoms with E-state index in [1.807, 2.05) is 0 Å². The van der Waals surface area contributed by atoms with E-state index in [1.165, 1.54) is 0 Å². The molecule has 0 saturated heterocycles. The molecule has 2 heteroatoms. The lowest BCUT2D eigenvalue weighted by Gasteiger charge is -1.94. The van der Waals surface area contributed by atoms with Gasteiger partial charge in [0.15, 0.2) is 0 Å². The van der Waals surface area contributed by atoms with E-state index in [4.69, 9.17) is 0 Å². The molecule has 0 nitrogen and oxygen atoms in total. The molecule has 0 aromatic carbocycles. The van der Waals surface area contributed by atoms with Crippen molar-refractivity contribution in [1.82, 2.24) is 0 Å². The summed E-state index contributed by atoms with van der Waals surface area (Å²) in [5.74, 6) is 0.659. The van der Waals surface area contributed by atoms with Crippen LogP contribution in [0.25, 0.3) is 0 Å². The number of halogens is 2. The number of rotatable bonds is 1. The molecule has 0 amide bonds. The Morgan fingerprint density at radius 2 is 2.00 bits per heavy atom. The van der Waals surface area contributed by atoms with Gasteiger partial charge in [-0.15, -0.1) is 0 Å². The summed E-state index contributed by atoms with van der Waals surface area (Å²) in [7, 11) is 0. The van der Waals surface area contributed by atoms with Crippen molar-refractivity contribution in [3.63, 3.8) is 0 Å². The Morgan fingerprint density at radius 3 is 2.11 bits per heavy atom. The molecule has 1 radical (unpaired) electrons. The van der Waals surface area contributed by atoms with Crippen molar-refractivity contribution < 1.29 is 0 Å². The minimum absolute atomic E-state index is 0.437. The predicted octanol–water partition coefficient (Wildman–Crippen LogP) is 3.48. The van der Waals surface area contributed by atoms with Gasteiger partial charge in [0.2, 0.25) is 0 Å². The van der Waals surface area contributed by atoms with Crippen LogP contribution in [0.3, 0.4) is 0 Å². The van der Waals surface area contributed by atoms with Gasteiger partial charge >= 0.3 is 0 Å². The maximum Gasteiger partial charge on any atom is 0.0567 e. The van der Waals surface area contributed by atoms with E-state index < -0.39 is 0 Å². The highest BCUT2D eigenvalue weighted by Gasteiger charge is 2.44. The molecule has 1 rings (SSSR count). The zero-order valence-electron chi connectivity index (χ0n) is 5.49. The van der Waals surface area contributed by atoms with E-state index >= 15 is 0 Å².